The molecule has 4 rings (SSSR count). The highest BCUT2D eigenvalue weighted by Gasteiger charge is 2.39. The Morgan fingerprint density at radius 2 is 1.91 bits per heavy atom. The summed E-state index contributed by atoms with van der Waals surface area (Å²) < 4.78 is 7.30. The van der Waals surface area contributed by atoms with Crippen molar-refractivity contribution in [2.24, 2.45) is 5.73 Å². The molecule has 2 aromatic heterocycles. The van der Waals surface area contributed by atoms with E-state index in [9.17, 15) is 0 Å². The molecular formula is C17H19N5O. The Balaban J connectivity index is 1.62. The molecule has 2 N–H and O–H groups in total. The van der Waals surface area contributed by atoms with Crippen LogP contribution >= 0.6 is 0 Å². The van der Waals surface area contributed by atoms with Gasteiger partial charge in [0.05, 0.1) is 16.9 Å². The molecule has 118 valence electrons. The van der Waals surface area contributed by atoms with Crippen LogP contribution in [-0.2, 0) is 5.54 Å². The summed E-state index contributed by atoms with van der Waals surface area (Å²) in [6, 6.07) is 9.98. The van der Waals surface area contributed by atoms with E-state index < -0.39 is 5.54 Å². The average Bonchev–Trinajstić information content (AvgIpc) is 3.12. The van der Waals surface area contributed by atoms with Crippen molar-refractivity contribution in [3.8, 4) is 17.1 Å². The minimum absolute atomic E-state index is 0.397. The third-order valence-corrected chi connectivity index (χ3v) is 4.49. The summed E-state index contributed by atoms with van der Waals surface area (Å²) in [6.45, 7) is 4.03. The highest BCUT2D eigenvalue weighted by molar-refractivity contribution is 5.55. The normalized spacial score (nSPS) is 16.3. The van der Waals surface area contributed by atoms with Crippen molar-refractivity contribution in [3.63, 3.8) is 0 Å². The van der Waals surface area contributed by atoms with Gasteiger partial charge in [0, 0.05) is 11.3 Å². The quantitative estimate of drug-likeness (QED) is 0.804. The van der Waals surface area contributed by atoms with Crippen molar-refractivity contribution in [2.75, 3.05) is 0 Å². The summed E-state index contributed by atoms with van der Waals surface area (Å²) in [7, 11) is 0. The van der Waals surface area contributed by atoms with Gasteiger partial charge in [-0.1, -0.05) is 5.16 Å². The van der Waals surface area contributed by atoms with Gasteiger partial charge < -0.3 is 10.3 Å². The van der Waals surface area contributed by atoms with Gasteiger partial charge in [0.15, 0.2) is 5.82 Å². The first-order valence-electron chi connectivity index (χ1n) is 7.82. The number of benzene rings is 1. The van der Waals surface area contributed by atoms with E-state index >= 15 is 0 Å². The summed E-state index contributed by atoms with van der Waals surface area (Å²) in [4.78, 5) is 4.47. The van der Waals surface area contributed by atoms with E-state index in [4.69, 9.17) is 10.3 Å². The molecular weight excluding hydrogens is 290 g/mol. The van der Waals surface area contributed by atoms with E-state index in [0.29, 0.717) is 11.7 Å². The Morgan fingerprint density at radius 3 is 2.48 bits per heavy atom. The van der Waals surface area contributed by atoms with Crippen molar-refractivity contribution >= 4 is 0 Å². The van der Waals surface area contributed by atoms with Gasteiger partial charge in [-0.2, -0.15) is 10.1 Å². The van der Waals surface area contributed by atoms with Crippen LogP contribution in [-0.4, -0.2) is 19.9 Å². The summed E-state index contributed by atoms with van der Waals surface area (Å²) in [5, 5.41) is 8.54. The van der Waals surface area contributed by atoms with Crippen LogP contribution in [0, 0.1) is 13.8 Å². The number of nitrogens with zero attached hydrogens (tertiary/aromatic N) is 4. The second-order valence-corrected chi connectivity index (χ2v) is 6.32. The molecule has 1 aromatic carbocycles. The third kappa shape index (κ3) is 2.35. The van der Waals surface area contributed by atoms with Gasteiger partial charge in [0.1, 0.15) is 0 Å². The average molecular weight is 309 g/mol. The first-order chi connectivity index (χ1) is 11.0. The van der Waals surface area contributed by atoms with E-state index in [1.54, 1.807) is 0 Å². The minimum atomic E-state index is -0.397. The van der Waals surface area contributed by atoms with Crippen LogP contribution in [0.2, 0.25) is 0 Å². The Labute approximate surface area is 134 Å². The van der Waals surface area contributed by atoms with E-state index in [-0.39, 0.29) is 0 Å². The van der Waals surface area contributed by atoms with Gasteiger partial charge in [-0.3, -0.25) is 0 Å². The summed E-state index contributed by atoms with van der Waals surface area (Å²) in [5.74, 6) is 1.12. The highest BCUT2D eigenvalue weighted by atomic mass is 16.5. The third-order valence-electron chi connectivity index (χ3n) is 4.49. The molecule has 1 fully saturated rings. The lowest BCUT2D eigenvalue weighted by Crippen LogP contribution is -2.44. The van der Waals surface area contributed by atoms with Crippen molar-refractivity contribution in [3.05, 3.63) is 47.5 Å². The molecule has 0 bridgehead atoms. The van der Waals surface area contributed by atoms with Gasteiger partial charge in [0.2, 0.25) is 0 Å². The molecule has 0 aliphatic heterocycles. The van der Waals surface area contributed by atoms with Crippen LogP contribution in [0.5, 0.6) is 0 Å². The molecule has 0 unspecified atom stereocenters. The maximum absolute atomic E-state index is 6.24. The number of aryl methyl sites for hydroxylation is 2. The molecule has 0 amide bonds. The van der Waals surface area contributed by atoms with Gasteiger partial charge >= 0.3 is 0 Å². The lowest BCUT2D eigenvalue weighted by Gasteiger charge is -2.34. The van der Waals surface area contributed by atoms with Crippen molar-refractivity contribution in [1.82, 2.24) is 19.9 Å². The fraction of sp³-hybridized carbons (Fsp3) is 0.353. The molecule has 2 heterocycles. The maximum Gasteiger partial charge on any atom is 0.257 e. The lowest BCUT2D eigenvalue weighted by atomic mass is 9.77. The molecule has 0 spiro atoms. The Kier molecular flexibility index (Phi) is 3.09. The largest absolute Gasteiger partial charge is 0.334 e. The van der Waals surface area contributed by atoms with Gasteiger partial charge in [-0.05, 0) is 63.4 Å². The van der Waals surface area contributed by atoms with Crippen LogP contribution in [0.15, 0.2) is 34.9 Å². The van der Waals surface area contributed by atoms with E-state index in [2.05, 4.69) is 21.3 Å². The molecule has 0 radical (unpaired) electrons. The molecule has 6 heteroatoms. The van der Waals surface area contributed by atoms with Gasteiger partial charge in [0.25, 0.3) is 5.89 Å². The fourth-order valence-electron chi connectivity index (χ4n) is 2.96. The van der Waals surface area contributed by atoms with Crippen molar-refractivity contribution in [1.29, 1.82) is 0 Å². The van der Waals surface area contributed by atoms with Crippen LogP contribution in [0.1, 0.15) is 36.5 Å². The highest BCUT2D eigenvalue weighted by Crippen LogP contribution is 2.37. The Hall–Kier alpha value is -2.47. The van der Waals surface area contributed by atoms with Crippen LogP contribution in [0.3, 0.4) is 0 Å². The zero-order chi connectivity index (χ0) is 16.0. The molecule has 1 aliphatic carbocycles. The maximum atomic E-state index is 6.24. The van der Waals surface area contributed by atoms with Crippen molar-refractivity contribution < 1.29 is 4.52 Å². The van der Waals surface area contributed by atoms with E-state index in [0.717, 1.165) is 41.9 Å². The fourth-order valence-corrected chi connectivity index (χ4v) is 2.96. The zero-order valence-electron chi connectivity index (χ0n) is 13.3. The summed E-state index contributed by atoms with van der Waals surface area (Å²) in [5.41, 5.74) is 9.84. The van der Waals surface area contributed by atoms with Gasteiger partial charge in [-0.25, -0.2) is 4.68 Å². The lowest BCUT2D eigenvalue weighted by molar-refractivity contribution is 0.229. The van der Waals surface area contributed by atoms with Gasteiger partial charge in [-0.15, -0.1) is 0 Å². The SMILES string of the molecule is Cc1cc(C)n(-c2ccc(-c3nc(C4(N)CCC4)no3)cc2)n1. The van der Waals surface area contributed by atoms with Crippen molar-refractivity contribution in [2.45, 2.75) is 38.6 Å². The first-order valence-corrected chi connectivity index (χ1v) is 7.82. The molecule has 1 saturated carbocycles. The number of hydrogen-bond donors (Lipinski definition) is 1. The molecule has 0 saturated heterocycles. The predicted molar refractivity (Wildman–Crippen MR) is 86.0 cm³/mol. The monoisotopic (exact) mass is 309 g/mol. The second-order valence-electron chi connectivity index (χ2n) is 6.32. The molecule has 23 heavy (non-hydrogen) atoms. The number of hydrogen-bond acceptors (Lipinski definition) is 5. The first kappa shape index (κ1) is 14.1. The molecule has 6 nitrogen and oxygen atoms in total. The molecule has 1 aliphatic rings. The number of rotatable bonds is 3. The number of aromatic nitrogens is 4. The minimum Gasteiger partial charge on any atom is -0.334 e. The Morgan fingerprint density at radius 1 is 1.17 bits per heavy atom. The summed E-state index contributed by atoms with van der Waals surface area (Å²) >= 11 is 0. The van der Waals surface area contributed by atoms with E-state index in [1.165, 1.54) is 0 Å². The molecule has 0 atom stereocenters. The van der Waals surface area contributed by atoms with E-state index in [1.807, 2.05) is 42.8 Å². The molecule has 3 aromatic rings. The predicted octanol–water partition coefficient (Wildman–Crippen LogP) is 2.88. The number of nitrogens with two attached hydrogens (primary N) is 1. The smallest absolute Gasteiger partial charge is 0.257 e. The Bertz CT molecular complexity index is 842. The second kappa shape index (κ2) is 5.03. The van der Waals surface area contributed by atoms with Crippen LogP contribution in [0.4, 0.5) is 0 Å². The zero-order valence-corrected chi connectivity index (χ0v) is 13.3. The van der Waals surface area contributed by atoms with Crippen LogP contribution in [0.25, 0.3) is 17.1 Å². The summed E-state index contributed by atoms with van der Waals surface area (Å²) in [6.07, 6.45) is 2.96. The topological polar surface area (TPSA) is 82.8 Å². The van der Waals surface area contributed by atoms with Crippen LogP contribution < -0.4 is 5.73 Å². The standard InChI is InChI=1S/C17H19N5O/c1-11-10-12(2)22(20-11)14-6-4-13(5-7-14)15-19-16(21-23-15)17(18)8-3-9-17/h4-7,10H,3,8-9,18H2,1-2H3.